The second-order valence-electron chi connectivity index (χ2n) is 5.24. The van der Waals surface area contributed by atoms with Crippen LogP contribution in [0.15, 0.2) is 0 Å². The van der Waals surface area contributed by atoms with Crippen LogP contribution in [-0.4, -0.2) is 64.1 Å². The number of likely N-dealkylation sites (N-methyl/N-ethyl adjacent to an activating group) is 1. The Kier molecular flexibility index (Phi) is 8.59. The van der Waals surface area contributed by atoms with Crippen LogP contribution in [0.5, 0.6) is 0 Å². The first-order valence-corrected chi connectivity index (χ1v) is 7.29. The molecule has 0 aromatic carbocycles. The number of hydrogen-bond acceptors (Lipinski definition) is 4. The fourth-order valence-electron chi connectivity index (χ4n) is 2.40. The van der Waals surface area contributed by atoms with E-state index in [1.54, 1.807) is 7.11 Å². The van der Waals surface area contributed by atoms with E-state index in [-0.39, 0.29) is 0 Å². The summed E-state index contributed by atoms with van der Waals surface area (Å²) in [4.78, 5) is 2.38. The fraction of sp³-hybridized carbons (Fsp3) is 1.00. The number of nitrogens with zero attached hydrogens (tertiary/aromatic N) is 1. The second kappa shape index (κ2) is 9.73. The smallest absolute Gasteiger partial charge is 0.0702 e. The Morgan fingerprint density at radius 2 is 2.28 bits per heavy atom. The van der Waals surface area contributed by atoms with Crippen molar-refractivity contribution in [2.75, 3.05) is 47.0 Å². The average molecular weight is 258 g/mol. The maximum Gasteiger partial charge on any atom is 0.0702 e. The van der Waals surface area contributed by atoms with E-state index < -0.39 is 0 Å². The second-order valence-corrected chi connectivity index (χ2v) is 5.24. The molecule has 1 fully saturated rings. The lowest BCUT2D eigenvalue weighted by atomic mass is 10.1. The summed E-state index contributed by atoms with van der Waals surface area (Å²) in [7, 11) is 3.95. The number of ether oxygens (including phenoxy) is 2. The minimum atomic E-state index is 0.411. The molecule has 1 heterocycles. The van der Waals surface area contributed by atoms with Gasteiger partial charge in [-0.15, -0.1) is 0 Å². The van der Waals surface area contributed by atoms with Crippen LogP contribution in [0.3, 0.4) is 0 Å². The van der Waals surface area contributed by atoms with Crippen molar-refractivity contribution in [1.29, 1.82) is 0 Å². The molecule has 0 radical (unpaired) electrons. The Morgan fingerprint density at radius 3 is 2.89 bits per heavy atom. The largest absolute Gasteiger partial charge is 0.383 e. The van der Waals surface area contributed by atoms with Crippen molar-refractivity contribution in [2.45, 2.75) is 44.8 Å². The van der Waals surface area contributed by atoms with Gasteiger partial charge >= 0.3 is 0 Å². The standard InChI is InChI=1S/C14H30N2O2/c1-4-8-15-10-13(12-17-3)16(2)11-14-7-5-6-9-18-14/h13-15H,4-12H2,1-3H3. The summed E-state index contributed by atoms with van der Waals surface area (Å²) in [5.41, 5.74) is 0. The van der Waals surface area contributed by atoms with E-state index >= 15 is 0 Å². The molecule has 1 N–H and O–H groups in total. The molecule has 0 aliphatic carbocycles. The third-order valence-corrected chi connectivity index (χ3v) is 3.55. The van der Waals surface area contributed by atoms with Gasteiger partial charge in [0.15, 0.2) is 0 Å². The maximum absolute atomic E-state index is 5.80. The highest BCUT2D eigenvalue weighted by molar-refractivity contribution is 4.75. The molecule has 4 heteroatoms. The van der Waals surface area contributed by atoms with Gasteiger partial charge in [-0.1, -0.05) is 6.92 Å². The Balaban J connectivity index is 2.29. The summed E-state index contributed by atoms with van der Waals surface area (Å²) in [6, 6.07) is 0.437. The molecule has 2 atom stereocenters. The molecule has 1 saturated heterocycles. The SMILES string of the molecule is CCCNCC(COC)N(C)CC1CCCCO1. The molecule has 0 bridgehead atoms. The third kappa shape index (κ3) is 6.14. The summed E-state index contributed by atoms with van der Waals surface area (Å²) < 4.78 is 11.1. The van der Waals surface area contributed by atoms with Crippen LogP contribution in [-0.2, 0) is 9.47 Å². The van der Waals surface area contributed by atoms with Gasteiger partial charge in [-0.3, -0.25) is 4.90 Å². The van der Waals surface area contributed by atoms with Crippen molar-refractivity contribution in [3.05, 3.63) is 0 Å². The Labute approximate surface area is 112 Å². The molecule has 0 aromatic rings. The van der Waals surface area contributed by atoms with Crippen molar-refractivity contribution >= 4 is 0 Å². The minimum Gasteiger partial charge on any atom is -0.383 e. The number of nitrogens with one attached hydrogen (secondary N) is 1. The molecule has 4 nitrogen and oxygen atoms in total. The van der Waals surface area contributed by atoms with Crippen LogP contribution < -0.4 is 5.32 Å². The van der Waals surface area contributed by atoms with Crippen LogP contribution in [0.25, 0.3) is 0 Å². The van der Waals surface area contributed by atoms with E-state index in [4.69, 9.17) is 9.47 Å². The van der Waals surface area contributed by atoms with E-state index in [0.29, 0.717) is 12.1 Å². The zero-order valence-corrected chi connectivity index (χ0v) is 12.3. The van der Waals surface area contributed by atoms with Crippen LogP contribution in [0.2, 0.25) is 0 Å². The van der Waals surface area contributed by atoms with Gasteiger partial charge in [-0.05, 0) is 39.3 Å². The highest BCUT2D eigenvalue weighted by Gasteiger charge is 2.20. The molecule has 0 spiro atoms. The molecule has 18 heavy (non-hydrogen) atoms. The molecule has 0 saturated carbocycles. The maximum atomic E-state index is 5.80. The summed E-state index contributed by atoms with van der Waals surface area (Å²) >= 11 is 0. The van der Waals surface area contributed by atoms with Crippen LogP contribution >= 0.6 is 0 Å². The van der Waals surface area contributed by atoms with E-state index in [1.165, 1.54) is 25.7 Å². The molecular weight excluding hydrogens is 228 g/mol. The van der Waals surface area contributed by atoms with Gasteiger partial charge in [0.2, 0.25) is 0 Å². The molecule has 1 aliphatic heterocycles. The zero-order chi connectivity index (χ0) is 13.2. The van der Waals surface area contributed by atoms with E-state index in [1.807, 2.05) is 0 Å². The normalized spacial score (nSPS) is 22.3. The predicted octanol–water partition coefficient (Wildman–Crippen LogP) is 1.50. The zero-order valence-electron chi connectivity index (χ0n) is 12.3. The lowest BCUT2D eigenvalue weighted by molar-refractivity contribution is -0.0147. The highest BCUT2D eigenvalue weighted by Crippen LogP contribution is 2.14. The van der Waals surface area contributed by atoms with Gasteiger partial charge in [0, 0.05) is 32.8 Å². The van der Waals surface area contributed by atoms with Gasteiger partial charge in [0.25, 0.3) is 0 Å². The number of methoxy groups -OCH3 is 1. The lowest BCUT2D eigenvalue weighted by Crippen LogP contribution is -2.47. The first-order valence-electron chi connectivity index (χ1n) is 7.29. The molecule has 1 aliphatic rings. The third-order valence-electron chi connectivity index (χ3n) is 3.55. The Bertz CT molecular complexity index is 196. The first kappa shape index (κ1) is 15.9. The van der Waals surface area contributed by atoms with Crippen LogP contribution in [0, 0.1) is 0 Å². The molecule has 0 aromatic heterocycles. The van der Waals surface area contributed by atoms with Gasteiger partial charge in [0.05, 0.1) is 12.7 Å². The Morgan fingerprint density at radius 1 is 1.44 bits per heavy atom. The monoisotopic (exact) mass is 258 g/mol. The Hall–Kier alpha value is -0.160. The predicted molar refractivity (Wildman–Crippen MR) is 75.0 cm³/mol. The summed E-state index contributed by atoms with van der Waals surface area (Å²) in [5, 5.41) is 3.48. The fourth-order valence-corrected chi connectivity index (χ4v) is 2.40. The van der Waals surface area contributed by atoms with Gasteiger partial charge in [-0.2, -0.15) is 0 Å². The van der Waals surface area contributed by atoms with E-state index in [9.17, 15) is 0 Å². The van der Waals surface area contributed by atoms with Crippen molar-refractivity contribution in [1.82, 2.24) is 10.2 Å². The summed E-state index contributed by atoms with van der Waals surface area (Å²) in [6.07, 6.45) is 5.32. The molecular formula is C14H30N2O2. The molecule has 2 unspecified atom stereocenters. The summed E-state index contributed by atoms with van der Waals surface area (Å²) in [5.74, 6) is 0. The number of rotatable bonds is 9. The molecule has 0 amide bonds. The van der Waals surface area contributed by atoms with Crippen LogP contribution in [0.4, 0.5) is 0 Å². The van der Waals surface area contributed by atoms with Gasteiger partial charge < -0.3 is 14.8 Å². The van der Waals surface area contributed by atoms with Crippen molar-refractivity contribution in [3.63, 3.8) is 0 Å². The van der Waals surface area contributed by atoms with E-state index in [2.05, 4.69) is 24.2 Å². The van der Waals surface area contributed by atoms with E-state index in [0.717, 1.165) is 32.8 Å². The van der Waals surface area contributed by atoms with Gasteiger partial charge in [0.1, 0.15) is 0 Å². The molecule has 1 rings (SSSR count). The topological polar surface area (TPSA) is 33.7 Å². The molecule has 108 valence electrons. The van der Waals surface area contributed by atoms with Crippen LogP contribution in [0.1, 0.15) is 32.6 Å². The highest BCUT2D eigenvalue weighted by atomic mass is 16.5. The summed E-state index contributed by atoms with van der Waals surface area (Å²) in [6.45, 7) is 6.99. The number of hydrogen-bond donors (Lipinski definition) is 1. The first-order chi connectivity index (χ1) is 8.77. The van der Waals surface area contributed by atoms with Crippen molar-refractivity contribution in [3.8, 4) is 0 Å². The minimum absolute atomic E-state index is 0.411. The van der Waals surface area contributed by atoms with Crippen molar-refractivity contribution < 1.29 is 9.47 Å². The van der Waals surface area contributed by atoms with Crippen molar-refractivity contribution in [2.24, 2.45) is 0 Å². The van der Waals surface area contributed by atoms with Gasteiger partial charge in [-0.25, -0.2) is 0 Å². The lowest BCUT2D eigenvalue weighted by Gasteiger charge is -2.32. The quantitative estimate of drug-likeness (QED) is 0.636. The average Bonchev–Trinajstić information content (AvgIpc) is 2.39.